The zero-order valence-electron chi connectivity index (χ0n) is 16.6. The van der Waals surface area contributed by atoms with E-state index in [0.29, 0.717) is 24.6 Å². The number of hydrogen-bond donors (Lipinski definition) is 1. The van der Waals surface area contributed by atoms with Gasteiger partial charge in [0.15, 0.2) is 0 Å². The van der Waals surface area contributed by atoms with E-state index in [2.05, 4.69) is 14.9 Å². The lowest BCUT2D eigenvalue weighted by Crippen LogP contribution is -2.37. The summed E-state index contributed by atoms with van der Waals surface area (Å²) in [7, 11) is 0. The van der Waals surface area contributed by atoms with Gasteiger partial charge in [-0.3, -0.25) is 9.89 Å². The Morgan fingerprint density at radius 1 is 1.21 bits per heavy atom. The van der Waals surface area contributed by atoms with Crippen molar-refractivity contribution in [2.24, 2.45) is 21.6 Å². The highest BCUT2D eigenvalue weighted by molar-refractivity contribution is 6.08. The second-order valence-corrected chi connectivity index (χ2v) is 7.28. The average molecular weight is 408 g/mol. The van der Waals surface area contributed by atoms with Gasteiger partial charge in [0.1, 0.15) is 11.7 Å². The summed E-state index contributed by atoms with van der Waals surface area (Å²) in [5.41, 5.74) is 7.11. The van der Waals surface area contributed by atoms with Crippen molar-refractivity contribution in [2.75, 3.05) is 39.4 Å². The summed E-state index contributed by atoms with van der Waals surface area (Å²) >= 11 is 0. The largest absolute Gasteiger partial charge is 0.416 e. The van der Waals surface area contributed by atoms with Crippen LogP contribution in [0.2, 0.25) is 0 Å². The highest BCUT2D eigenvalue weighted by Gasteiger charge is 2.30. The first-order valence-corrected chi connectivity index (χ1v) is 9.93. The summed E-state index contributed by atoms with van der Waals surface area (Å²) < 4.78 is 44.0. The van der Waals surface area contributed by atoms with Gasteiger partial charge in [0.2, 0.25) is 0 Å². The molecule has 5 nitrogen and oxygen atoms in total. The minimum Gasteiger partial charge on any atom is -0.387 e. The predicted molar refractivity (Wildman–Crippen MR) is 109 cm³/mol. The Balaban J connectivity index is 1.81. The van der Waals surface area contributed by atoms with Gasteiger partial charge < -0.3 is 10.5 Å². The molecule has 0 spiro atoms. The number of nitrogens with zero attached hydrogens (tertiary/aromatic N) is 3. The van der Waals surface area contributed by atoms with Crippen molar-refractivity contribution in [1.29, 1.82) is 0 Å². The summed E-state index contributed by atoms with van der Waals surface area (Å²) in [6.45, 7) is 6.68. The summed E-state index contributed by atoms with van der Waals surface area (Å²) in [5, 5.41) is 0. The van der Waals surface area contributed by atoms with Crippen LogP contribution in [0.5, 0.6) is 0 Å². The smallest absolute Gasteiger partial charge is 0.387 e. The summed E-state index contributed by atoms with van der Waals surface area (Å²) in [5.74, 6) is 1.11. The maximum absolute atomic E-state index is 12.9. The molecule has 2 heterocycles. The van der Waals surface area contributed by atoms with Crippen LogP contribution in [0, 0.1) is 5.92 Å². The number of aliphatic imine (C=N–C) groups is 2. The van der Waals surface area contributed by atoms with Gasteiger partial charge in [-0.25, -0.2) is 4.99 Å². The quantitative estimate of drug-likeness (QED) is 0.810. The molecule has 0 aromatic heterocycles. The van der Waals surface area contributed by atoms with Crippen LogP contribution in [0.1, 0.15) is 30.9 Å². The molecular formula is C21H27F3N4O. The van der Waals surface area contributed by atoms with Crippen LogP contribution in [-0.4, -0.2) is 56.0 Å². The highest BCUT2D eigenvalue weighted by atomic mass is 19.4. The van der Waals surface area contributed by atoms with Crippen LogP contribution >= 0.6 is 0 Å². The summed E-state index contributed by atoms with van der Waals surface area (Å²) in [6.07, 6.45) is -1.11. The van der Waals surface area contributed by atoms with Crippen molar-refractivity contribution in [3.8, 4) is 0 Å². The molecule has 1 saturated heterocycles. The number of morpholine rings is 1. The normalized spacial score (nSPS) is 22.9. The van der Waals surface area contributed by atoms with Crippen molar-refractivity contribution in [2.45, 2.75) is 25.9 Å². The lowest BCUT2D eigenvalue weighted by atomic mass is 9.87. The average Bonchev–Trinajstić information content (AvgIpc) is 2.86. The second-order valence-electron chi connectivity index (χ2n) is 7.28. The highest BCUT2D eigenvalue weighted by Crippen LogP contribution is 2.34. The van der Waals surface area contributed by atoms with Crippen LogP contribution in [-0.2, 0) is 10.9 Å². The maximum Gasteiger partial charge on any atom is 0.416 e. The van der Waals surface area contributed by atoms with E-state index in [1.807, 2.05) is 13.0 Å². The number of ether oxygens (including phenoxy) is 1. The molecule has 0 amide bonds. The Labute approximate surface area is 169 Å². The van der Waals surface area contributed by atoms with Gasteiger partial charge in [0, 0.05) is 26.1 Å². The number of benzene rings is 1. The lowest BCUT2D eigenvalue weighted by molar-refractivity contribution is -0.137. The Bertz CT molecular complexity index is 778. The predicted octanol–water partition coefficient (Wildman–Crippen LogP) is 3.61. The Morgan fingerprint density at radius 2 is 1.90 bits per heavy atom. The van der Waals surface area contributed by atoms with Crippen molar-refractivity contribution >= 4 is 17.2 Å². The van der Waals surface area contributed by atoms with Crippen molar-refractivity contribution in [3.05, 3.63) is 41.5 Å². The number of alkyl halides is 3. The number of halogens is 3. The first kappa shape index (κ1) is 21.5. The Kier molecular flexibility index (Phi) is 7.08. The van der Waals surface area contributed by atoms with E-state index < -0.39 is 11.7 Å². The van der Waals surface area contributed by atoms with Crippen LogP contribution in [0.4, 0.5) is 13.2 Å². The molecule has 158 valence electrons. The van der Waals surface area contributed by atoms with Gasteiger partial charge >= 0.3 is 6.18 Å². The molecule has 1 unspecified atom stereocenters. The molecule has 1 fully saturated rings. The lowest BCUT2D eigenvalue weighted by Gasteiger charge is -2.25. The molecule has 8 heteroatoms. The molecule has 1 atom stereocenters. The molecule has 1 aromatic rings. The third-order valence-corrected chi connectivity index (χ3v) is 5.27. The third-order valence-electron chi connectivity index (χ3n) is 5.27. The number of rotatable bonds is 5. The van der Waals surface area contributed by atoms with Gasteiger partial charge in [-0.05, 0) is 41.7 Å². The van der Waals surface area contributed by atoms with E-state index in [-0.39, 0.29) is 5.92 Å². The van der Waals surface area contributed by atoms with Gasteiger partial charge in [-0.2, -0.15) is 13.2 Å². The molecule has 29 heavy (non-hydrogen) atoms. The fourth-order valence-corrected chi connectivity index (χ4v) is 3.59. The van der Waals surface area contributed by atoms with Crippen molar-refractivity contribution in [1.82, 2.24) is 4.90 Å². The van der Waals surface area contributed by atoms with Crippen LogP contribution in [0.3, 0.4) is 0 Å². The SMILES string of the molecule is CCC1CC(N)=NC(=NCCN2CCOCC2)C=C1c1ccc(C(F)(F)F)cc1. The molecular weight excluding hydrogens is 381 g/mol. The molecule has 0 aliphatic carbocycles. The van der Waals surface area contributed by atoms with Crippen LogP contribution in [0.15, 0.2) is 40.3 Å². The standard InChI is InChI=1S/C21H27F3N4O/c1-2-15-13-19(25)27-20(26-7-8-28-9-11-29-12-10-28)14-18(15)16-3-5-17(6-4-16)21(22,23)24/h3-6,14-15H,2,7-13H2,1H3,(H2,25,26,27). The Hall–Kier alpha value is -2.19. The van der Waals surface area contributed by atoms with Crippen LogP contribution in [0.25, 0.3) is 5.57 Å². The molecule has 0 radical (unpaired) electrons. The van der Waals surface area contributed by atoms with E-state index in [4.69, 9.17) is 10.5 Å². The number of amidine groups is 2. The molecule has 2 N–H and O–H groups in total. The van der Waals surface area contributed by atoms with Gasteiger partial charge in [0.25, 0.3) is 0 Å². The van der Waals surface area contributed by atoms with E-state index in [0.717, 1.165) is 62.5 Å². The van der Waals surface area contributed by atoms with E-state index in [1.54, 1.807) is 0 Å². The molecule has 1 aromatic carbocycles. The van der Waals surface area contributed by atoms with Crippen LogP contribution < -0.4 is 5.73 Å². The van der Waals surface area contributed by atoms with Crippen molar-refractivity contribution in [3.63, 3.8) is 0 Å². The molecule has 2 aliphatic rings. The third kappa shape index (κ3) is 5.90. The summed E-state index contributed by atoms with van der Waals surface area (Å²) in [6, 6.07) is 5.27. The van der Waals surface area contributed by atoms with Gasteiger partial charge in [0.05, 0.1) is 25.3 Å². The molecule has 2 aliphatic heterocycles. The zero-order chi connectivity index (χ0) is 20.9. The fourth-order valence-electron chi connectivity index (χ4n) is 3.59. The van der Waals surface area contributed by atoms with Gasteiger partial charge in [-0.1, -0.05) is 19.1 Å². The Morgan fingerprint density at radius 3 is 2.52 bits per heavy atom. The first-order valence-electron chi connectivity index (χ1n) is 9.93. The minimum absolute atomic E-state index is 0.0856. The molecule has 0 bridgehead atoms. The maximum atomic E-state index is 12.9. The minimum atomic E-state index is -4.35. The second kappa shape index (κ2) is 9.54. The molecule has 0 saturated carbocycles. The number of nitrogens with two attached hydrogens (primary N) is 1. The molecule has 3 rings (SSSR count). The van der Waals surface area contributed by atoms with E-state index >= 15 is 0 Å². The van der Waals surface area contributed by atoms with Crippen molar-refractivity contribution < 1.29 is 17.9 Å². The number of hydrogen-bond acceptors (Lipinski definition) is 4. The monoisotopic (exact) mass is 408 g/mol. The first-order chi connectivity index (χ1) is 13.9. The fraction of sp³-hybridized carbons (Fsp3) is 0.524. The van der Waals surface area contributed by atoms with E-state index in [1.165, 1.54) is 12.1 Å². The zero-order valence-corrected chi connectivity index (χ0v) is 16.6. The summed E-state index contributed by atoms with van der Waals surface area (Å²) in [4.78, 5) is 11.3. The van der Waals surface area contributed by atoms with E-state index in [9.17, 15) is 13.2 Å². The van der Waals surface area contributed by atoms with Gasteiger partial charge in [-0.15, -0.1) is 0 Å². The number of allylic oxidation sites excluding steroid dienone is 1. The topological polar surface area (TPSA) is 63.2 Å².